The summed E-state index contributed by atoms with van der Waals surface area (Å²) in [4.78, 5) is 16.9. The largest absolute Gasteiger partial charge is 0.457 e. The maximum Gasteiger partial charge on any atom is 0.416 e. The van der Waals surface area contributed by atoms with E-state index in [2.05, 4.69) is 34.5 Å². The van der Waals surface area contributed by atoms with Crippen LogP contribution < -0.4 is 20.3 Å². The zero-order chi connectivity index (χ0) is 25.0. The SMILES string of the molecule is CN(C)C1CCN(c2ccc(NC(=O)Nc3ccc(Oc4cccc(C(F)(F)F)c4)cc3)cc2)C1. The van der Waals surface area contributed by atoms with Gasteiger partial charge in [-0.1, -0.05) is 6.07 Å². The first-order valence-electron chi connectivity index (χ1n) is 11.2. The molecular weight excluding hydrogens is 457 g/mol. The summed E-state index contributed by atoms with van der Waals surface area (Å²) in [6.45, 7) is 1.98. The summed E-state index contributed by atoms with van der Waals surface area (Å²) >= 11 is 0. The van der Waals surface area contributed by atoms with E-state index in [4.69, 9.17) is 4.74 Å². The molecule has 0 aliphatic carbocycles. The molecule has 1 unspecified atom stereocenters. The zero-order valence-electron chi connectivity index (χ0n) is 19.5. The predicted octanol–water partition coefficient (Wildman–Crippen LogP) is 6.28. The maximum atomic E-state index is 12.9. The first-order chi connectivity index (χ1) is 16.7. The van der Waals surface area contributed by atoms with Gasteiger partial charge in [0.2, 0.25) is 0 Å². The van der Waals surface area contributed by atoms with Crippen molar-refractivity contribution in [3.8, 4) is 11.5 Å². The van der Waals surface area contributed by atoms with E-state index in [1.165, 1.54) is 12.1 Å². The fourth-order valence-electron chi connectivity index (χ4n) is 3.93. The third kappa shape index (κ3) is 6.45. The first kappa shape index (κ1) is 24.4. The quantitative estimate of drug-likeness (QED) is 0.432. The average molecular weight is 485 g/mol. The molecule has 0 spiro atoms. The van der Waals surface area contributed by atoms with Crippen LogP contribution in [0, 0.1) is 0 Å². The molecule has 2 N–H and O–H groups in total. The van der Waals surface area contributed by atoms with E-state index >= 15 is 0 Å². The van der Waals surface area contributed by atoms with Crippen molar-refractivity contribution in [2.75, 3.05) is 42.7 Å². The van der Waals surface area contributed by atoms with Crippen molar-refractivity contribution in [1.29, 1.82) is 0 Å². The lowest BCUT2D eigenvalue weighted by Gasteiger charge is -2.22. The van der Waals surface area contributed by atoms with Gasteiger partial charge in [0.25, 0.3) is 0 Å². The van der Waals surface area contributed by atoms with Gasteiger partial charge in [0, 0.05) is 36.2 Å². The topological polar surface area (TPSA) is 56.8 Å². The monoisotopic (exact) mass is 484 g/mol. The number of hydrogen-bond donors (Lipinski definition) is 2. The molecule has 2 amide bonds. The molecule has 0 saturated carbocycles. The van der Waals surface area contributed by atoms with Gasteiger partial charge in [0.15, 0.2) is 0 Å². The first-order valence-corrected chi connectivity index (χ1v) is 11.2. The molecule has 35 heavy (non-hydrogen) atoms. The molecule has 1 aliphatic rings. The average Bonchev–Trinajstić information content (AvgIpc) is 3.31. The van der Waals surface area contributed by atoms with Gasteiger partial charge in [-0.3, -0.25) is 0 Å². The van der Waals surface area contributed by atoms with E-state index in [9.17, 15) is 18.0 Å². The van der Waals surface area contributed by atoms with Crippen LogP contribution >= 0.6 is 0 Å². The molecule has 3 aromatic carbocycles. The Balaban J connectivity index is 1.29. The Morgan fingerprint density at radius 1 is 0.943 bits per heavy atom. The number of amides is 2. The van der Waals surface area contributed by atoms with Crippen LogP contribution in [-0.4, -0.2) is 44.2 Å². The predicted molar refractivity (Wildman–Crippen MR) is 131 cm³/mol. The Hall–Kier alpha value is -3.72. The highest BCUT2D eigenvalue weighted by Crippen LogP contribution is 2.33. The lowest BCUT2D eigenvalue weighted by molar-refractivity contribution is -0.137. The Kier molecular flexibility index (Phi) is 7.16. The second-order valence-electron chi connectivity index (χ2n) is 8.63. The smallest absolute Gasteiger partial charge is 0.416 e. The number of nitrogens with one attached hydrogen (secondary N) is 2. The van der Waals surface area contributed by atoms with Crippen molar-refractivity contribution in [2.45, 2.75) is 18.6 Å². The van der Waals surface area contributed by atoms with E-state index in [1.807, 2.05) is 24.3 Å². The summed E-state index contributed by atoms with van der Waals surface area (Å²) < 4.78 is 44.1. The van der Waals surface area contributed by atoms with E-state index in [1.54, 1.807) is 24.3 Å². The molecule has 0 radical (unpaired) electrons. The maximum absolute atomic E-state index is 12.9. The van der Waals surface area contributed by atoms with Gasteiger partial charge in [-0.05, 0) is 87.2 Å². The summed E-state index contributed by atoms with van der Waals surface area (Å²) in [6, 6.07) is 18.9. The lowest BCUT2D eigenvalue weighted by Crippen LogP contribution is -2.31. The molecule has 4 rings (SSSR count). The summed E-state index contributed by atoms with van der Waals surface area (Å²) in [7, 11) is 4.19. The van der Waals surface area contributed by atoms with Crippen LogP contribution in [0.15, 0.2) is 72.8 Å². The second-order valence-corrected chi connectivity index (χ2v) is 8.63. The Morgan fingerprint density at radius 3 is 2.14 bits per heavy atom. The number of carbonyl (C=O) groups is 1. The Morgan fingerprint density at radius 2 is 1.57 bits per heavy atom. The van der Waals surface area contributed by atoms with Gasteiger partial charge in [0.05, 0.1) is 5.56 Å². The van der Waals surface area contributed by atoms with E-state index in [0.29, 0.717) is 23.2 Å². The lowest BCUT2D eigenvalue weighted by atomic mass is 10.2. The number of likely N-dealkylation sites (N-methyl/N-ethyl adjacent to an activating group) is 1. The van der Waals surface area contributed by atoms with Gasteiger partial charge in [0.1, 0.15) is 11.5 Å². The summed E-state index contributed by atoms with van der Waals surface area (Å²) in [5.74, 6) is 0.428. The van der Waals surface area contributed by atoms with Crippen molar-refractivity contribution in [3.63, 3.8) is 0 Å². The van der Waals surface area contributed by atoms with Crippen molar-refractivity contribution < 1.29 is 22.7 Å². The van der Waals surface area contributed by atoms with Gasteiger partial charge < -0.3 is 25.2 Å². The molecule has 3 aromatic rings. The van der Waals surface area contributed by atoms with E-state index in [-0.39, 0.29) is 5.75 Å². The molecule has 9 heteroatoms. The Labute approximate surface area is 202 Å². The molecule has 0 bridgehead atoms. The zero-order valence-corrected chi connectivity index (χ0v) is 19.5. The number of urea groups is 1. The fourth-order valence-corrected chi connectivity index (χ4v) is 3.93. The fraction of sp³-hybridized carbons (Fsp3) is 0.269. The molecule has 1 saturated heterocycles. The highest BCUT2D eigenvalue weighted by atomic mass is 19.4. The van der Waals surface area contributed by atoms with Crippen LogP contribution in [0.4, 0.5) is 35.0 Å². The van der Waals surface area contributed by atoms with Crippen molar-refractivity contribution in [3.05, 3.63) is 78.4 Å². The second kappa shape index (κ2) is 10.3. The highest BCUT2D eigenvalue weighted by Gasteiger charge is 2.30. The standard InChI is InChI=1S/C26H27F3N4O2/c1-32(2)22-14-15-33(17-22)21-10-6-19(7-11-21)30-25(34)31-20-8-12-23(13-9-20)35-24-5-3-4-18(16-24)26(27,28)29/h3-13,16,22H,14-15,17H2,1-2H3,(H2,30,31,34). The van der Waals surface area contributed by atoms with Crippen LogP contribution in [0.25, 0.3) is 0 Å². The molecule has 1 atom stereocenters. The van der Waals surface area contributed by atoms with Crippen LogP contribution in [0.2, 0.25) is 0 Å². The number of benzene rings is 3. The molecule has 1 fully saturated rings. The number of rotatable bonds is 6. The molecule has 0 aromatic heterocycles. The van der Waals surface area contributed by atoms with Gasteiger partial charge in [-0.25, -0.2) is 4.79 Å². The number of nitrogens with zero attached hydrogens (tertiary/aromatic N) is 2. The highest BCUT2D eigenvalue weighted by molar-refractivity contribution is 5.99. The van der Waals surface area contributed by atoms with E-state index < -0.39 is 17.8 Å². The van der Waals surface area contributed by atoms with E-state index in [0.717, 1.165) is 37.3 Å². The molecule has 1 aliphatic heterocycles. The van der Waals surface area contributed by atoms with Crippen LogP contribution in [-0.2, 0) is 6.18 Å². The van der Waals surface area contributed by atoms with Crippen LogP contribution in [0.5, 0.6) is 11.5 Å². The normalized spacial score (nSPS) is 15.8. The number of ether oxygens (including phenoxy) is 1. The summed E-state index contributed by atoms with van der Waals surface area (Å²) in [6.07, 6.45) is -3.32. The van der Waals surface area contributed by atoms with Crippen molar-refractivity contribution >= 4 is 23.1 Å². The number of halogens is 3. The Bertz CT molecular complexity index is 1150. The van der Waals surface area contributed by atoms with Crippen LogP contribution in [0.3, 0.4) is 0 Å². The van der Waals surface area contributed by atoms with Gasteiger partial charge in [-0.2, -0.15) is 13.2 Å². The molecule has 1 heterocycles. The minimum Gasteiger partial charge on any atom is -0.457 e. The van der Waals surface area contributed by atoms with Crippen LogP contribution in [0.1, 0.15) is 12.0 Å². The minimum absolute atomic E-state index is 0.0767. The van der Waals surface area contributed by atoms with Crippen molar-refractivity contribution in [1.82, 2.24) is 4.90 Å². The van der Waals surface area contributed by atoms with Crippen molar-refractivity contribution in [2.24, 2.45) is 0 Å². The van der Waals surface area contributed by atoms with Gasteiger partial charge >= 0.3 is 12.2 Å². The third-order valence-corrected chi connectivity index (χ3v) is 5.89. The molecular formula is C26H27F3N4O2. The number of alkyl halides is 3. The summed E-state index contributed by atoms with van der Waals surface area (Å²) in [5, 5.41) is 5.52. The summed E-state index contributed by atoms with van der Waals surface area (Å²) in [5.41, 5.74) is 1.52. The van der Waals surface area contributed by atoms with Gasteiger partial charge in [-0.15, -0.1) is 0 Å². The molecule has 184 valence electrons. The number of anilines is 3. The molecule has 6 nitrogen and oxygen atoms in total. The third-order valence-electron chi connectivity index (χ3n) is 5.89. The number of hydrogen-bond acceptors (Lipinski definition) is 4. The number of carbonyl (C=O) groups excluding carboxylic acids is 1. The minimum atomic E-state index is -4.44.